The number of allylic oxidation sites excluding steroid dienone is 1. The van der Waals surface area contributed by atoms with Crippen LogP contribution in [-0.2, 0) is 6.42 Å². The maximum atomic E-state index is 10.4. The fourth-order valence-electron chi connectivity index (χ4n) is 2.87. The predicted octanol–water partition coefficient (Wildman–Crippen LogP) is 4.50. The Morgan fingerprint density at radius 2 is 1.93 bits per heavy atom. The minimum absolute atomic E-state index is 0.0739. The first-order chi connectivity index (χ1) is 14.2. The molecule has 0 aliphatic carbocycles. The lowest BCUT2D eigenvalue weighted by Gasteiger charge is -2.00. The second kappa shape index (κ2) is 8.20. The Bertz CT molecular complexity index is 1180. The smallest absolute Gasteiger partial charge is 0.209 e. The van der Waals surface area contributed by atoms with Gasteiger partial charge in [0.25, 0.3) is 0 Å². The van der Waals surface area contributed by atoms with Gasteiger partial charge in [-0.3, -0.25) is 5.10 Å². The van der Waals surface area contributed by atoms with E-state index in [4.69, 9.17) is 0 Å². The number of fused-ring (bicyclic) bond motifs is 1. The SMILES string of the molecule is CCc1ccc(-c2nc(SCC(O)=C(C#N)c3nc4ccccc4[nH]3)n[nH]2)cc1. The summed E-state index contributed by atoms with van der Waals surface area (Å²) in [4.78, 5) is 11.9. The topological polar surface area (TPSA) is 114 Å². The standard InChI is InChI=1S/C21H18N6OS/c1-2-13-7-9-14(10-8-13)19-25-21(27-26-19)29-12-18(28)15(11-22)20-23-16-5-3-4-6-17(16)24-20/h3-10,28H,2,12H2,1H3,(H,23,24)(H,25,26,27). The van der Waals surface area contributed by atoms with Crippen molar-refractivity contribution in [3.05, 3.63) is 65.7 Å². The first kappa shape index (κ1) is 18.8. The maximum Gasteiger partial charge on any atom is 0.209 e. The Kier molecular flexibility index (Phi) is 5.31. The minimum Gasteiger partial charge on any atom is -0.510 e. The highest BCUT2D eigenvalue weighted by atomic mass is 32.2. The largest absolute Gasteiger partial charge is 0.510 e. The number of hydrogen-bond acceptors (Lipinski definition) is 6. The van der Waals surface area contributed by atoms with Crippen molar-refractivity contribution >= 4 is 28.4 Å². The molecule has 0 spiro atoms. The number of H-pyrrole nitrogens is 2. The molecule has 0 aliphatic heterocycles. The molecule has 7 nitrogen and oxygen atoms in total. The van der Waals surface area contributed by atoms with E-state index in [1.54, 1.807) is 0 Å². The summed E-state index contributed by atoms with van der Waals surface area (Å²) in [6, 6.07) is 17.6. The van der Waals surface area contributed by atoms with Crippen LogP contribution in [0.3, 0.4) is 0 Å². The summed E-state index contributed by atoms with van der Waals surface area (Å²) in [6.45, 7) is 2.11. The van der Waals surface area contributed by atoms with Gasteiger partial charge in [-0.15, -0.1) is 5.10 Å². The number of aliphatic hydroxyl groups excluding tert-OH is 1. The van der Waals surface area contributed by atoms with Gasteiger partial charge < -0.3 is 10.1 Å². The van der Waals surface area contributed by atoms with E-state index >= 15 is 0 Å². The Morgan fingerprint density at radius 1 is 1.14 bits per heavy atom. The molecule has 144 valence electrons. The van der Waals surface area contributed by atoms with Crippen molar-refractivity contribution in [1.82, 2.24) is 25.1 Å². The van der Waals surface area contributed by atoms with Gasteiger partial charge in [0, 0.05) is 5.56 Å². The molecule has 4 aromatic rings. The highest BCUT2D eigenvalue weighted by Crippen LogP contribution is 2.24. The van der Waals surface area contributed by atoms with Gasteiger partial charge in [-0.05, 0) is 24.1 Å². The number of aliphatic hydroxyl groups is 1. The van der Waals surface area contributed by atoms with Crippen LogP contribution in [0.2, 0.25) is 0 Å². The number of benzene rings is 2. The minimum atomic E-state index is -0.0739. The van der Waals surface area contributed by atoms with E-state index < -0.39 is 0 Å². The number of para-hydroxylation sites is 2. The van der Waals surface area contributed by atoms with Crippen LogP contribution in [0.15, 0.2) is 59.4 Å². The van der Waals surface area contributed by atoms with Crippen LogP contribution in [-0.4, -0.2) is 36.0 Å². The first-order valence-electron chi connectivity index (χ1n) is 9.09. The van der Waals surface area contributed by atoms with E-state index in [1.165, 1.54) is 17.3 Å². The van der Waals surface area contributed by atoms with Crippen molar-refractivity contribution in [2.75, 3.05) is 5.75 Å². The van der Waals surface area contributed by atoms with Crippen molar-refractivity contribution in [2.24, 2.45) is 0 Å². The van der Waals surface area contributed by atoms with Crippen molar-refractivity contribution in [2.45, 2.75) is 18.5 Å². The second-order valence-corrected chi connectivity index (χ2v) is 7.28. The van der Waals surface area contributed by atoms with E-state index in [-0.39, 0.29) is 17.1 Å². The van der Waals surface area contributed by atoms with Gasteiger partial charge in [0.15, 0.2) is 11.6 Å². The van der Waals surface area contributed by atoms with Crippen LogP contribution < -0.4 is 0 Å². The van der Waals surface area contributed by atoms with E-state index in [0.29, 0.717) is 16.8 Å². The fraction of sp³-hybridized carbons (Fsp3) is 0.143. The monoisotopic (exact) mass is 402 g/mol. The normalized spacial score (nSPS) is 12.0. The van der Waals surface area contributed by atoms with Crippen molar-refractivity contribution < 1.29 is 5.11 Å². The summed E-state index contributed by atoms with van der Waals surface area (Å²) in [5.74, 6) is 1.09. The molecule has 0 radical (unpaired) electrons. The Hall–Kier alpha value is -3.57. The maximum absolute atomic E-state index is 10.4. The number of hydrogen-bond donors (Lipinski definition) is 3. The molecule has 2 aromatic carbocycles. The zero-order valence-electron chi connectivity index (χ0n) is 15.7. The third kappa shape index (κ3) is 4.00. The molecule has 2 aromatic heterocycles. The number of aryl methyl sites for hydroxylation is 1. The Morgan fingerprint density at radius 3 is 2.66 bits per heavy atom. The van der Waals surface area contributed by atoms with Crippen LogP contribution in [0.5, 0.6) is 0 Å². The quantitative estimate of drug-likeness (QED) is 0.249. The van der Waals surface area contributed by atoms with Crippen molar-refractivity contribution in [3.63, 3.8) is 0 Å². The fourth-order valence-corrected chi connectivity index (χ4v) is 3.54. The summed E-state index contributed by atoms with van der Waals surface area (Å²) < 4.78 is 0. The summed E-state index contributed by atoms with van der Waals surface area (Å²) in [5, 5.41) is 27.5. The van der Waals surface area contributed by atoms with Gasteiger partial charge >= 0.3 is 0 Å². The lowest BCUT2D eigenvalue weighted by Crippen LogP contribution is -1.95. The molecule has 0 aliphatic rings. The number of nitrogens with one attached hydrogen (secondary N) is 2. The average Bonchev–Trinajstić information content (AvgIpc) is 3.40. The molecule has 3 N–H and O–H groups in total. The summed E-state index contributed by atoms with van der Waals surface area (Å²) >= 11 is 1.24. The summed E-state index contributed by atoms with van der Waals surface area (Å²) in [6.07, 6.45) is 0.982. The van der Waals surface area contributed by atoms with Crippen molar-refractivity contribution in [1.29, 1.82) is 5.26 Å². The third-order valence-electron chi connectivity index (χ3n) is 4.47. The summed E-state index contributed by atoms with van der Waals surface area (Å²) in [5.41, 5.74) is 3.86. The van der Waals surface area contributed by atoms with Gasteiger partial charge in [-0.1, -0.05) is 55.1 Å². The van der Waals surface area contributed by atoms with Gasteiger partial charge in [-0.2, -0.15) is 5.26 Å². The molecule has 0 saturated carbocycles. The Labute approximate surface area is 171 Å². The number of rotatable bonds is 6. The van der Waals surface area contributed by atoms with Crippen LogP contribution in [0, 0.1) is 11.3 Å². The lowest BCUT2D eigenvalue weighted by molar-refractivity contribution is 0.420. The van der Waals surface area contributed by atoms with Crippen LogP contribution in [0.1, 0.15) is 18.3 Å². The number of nitriles is 1. The van der Waals surface area contributed by atoms with Crippen LogP contribution >= 0.6 is 11.8 Å². The van der Waals surface area contributed by atoms with Gasteiger partial charge in [0.2, 0.25) is 5.16 Å². The van der Waals surface area contributed by atoms with E-state index in [0.717, 1.165) is 23.0 Å². The second-order valence-electron chi connectivity index (χ2n) is 6.34. The number of thioether (sulfide) groups is 1. The van der Waals surface area contributed by atoms with Gasteiger partial charge in [-0.25, -0.2) is 9.97 Å². The Balaban J connectivity index is 1.50. The van der Waals surface area contributed by atoms with Crippen LogP contribution in [0.25, 0.3) is 28.0 Å². The molecule has 4 rings (SSSR count). The molecule has 2 heterocycles. The molecule has 0 atom stereocenters. The number of aromatic nitrogens is 5. The zero-order chi connectivity index (χ0) is 20.2. The molecule has 0 bridgehead atoms. The lowest BCUT2D eigenvalue weighted by atomic mass is 10.1. The molecule has 29 heavy (non-hydrogen) atoms. The van der Waals surface area contributed by atoms with Gasteiger partial charge in [0.1, 0.15) is 17.4 Å². The summed E-state index contributed by atoms with van der Waals surface area (Å²) in [7, 11) is 0. The van der Waals surface area contributed by atoms with E-state index in [1.807, 2.05) is 42.5 Å². The molecule has 0 amide bonds. The third-order valence-corrected chi connectivity index (χ3v) is 5.32. The highest BCUT2D eigenvalue weighted by Gasteiger charge is 2.15. The molecule has 8 heteroatoms. The van der Waals surface area contributed by atoms with E-state index in [2.05, 4.69) is 44.2 Å². The zero-order valence-corrected chi connectivity index (χ0v) is 16.5. The van der Waals surface area contributed by atoms with Crippen LogP contribution in [0.4, 0.5) is 0 Å². The molecule has 0 saturated heterocycles. The van der Waals surface area contributed by atoms with E-state index in [9.17, 15) is 10.4 Å². The number of nitrogens with zero attached hydrogens (tertiary/aromatic N) is 4. The number of imidazole rings is 1. The van der Waals surface area contributed by atoms with Crippen molar-refractivity contribution in [3.8, 4) is 17.5 Å². The highest BCUT2D eigenvalue weighted by molar-refractivity contribution is 7.99. The molecular formula is C21H18N6OS. The first-order valence-corrected chi connectivity index (χ1v) is 10.1. The van der Waals surface area contributed by atoms with Gasteiger partial charge in [0.05, 0.1) is 16.8 Å². The molecular weight excluding hydrogens is 384 g/mol. The molecule has 0 fully saturated rings. The molecule has 0 unspecified atom stereocenters. The number of aromatic amines is 2. The predicted molar refractivity (Wildman–Crippen MR) is 113 cm³/mol. The average molecular weight is 402 g/mol.